The first-order chi connectivity index (χ1) is 16.7. The number of hydrogen-bond donors (Lipinski definition) is 1. The minimum atomic E-state index is -5.30. The minimum Gasteiger partial charge on any atom is -0.490 e. The molecule has 0 atom stereocenters. The van der Waals surface area contributed by atoms with Crippen LogP contribution in [0.25, 0.3) is 0 Å². The summed E-state index contributed by atoms with van der Waals surface area (Å²) in [7, 11) is 0.841. The van der Waals surface area contributed by atoms with E-state index in [9.17, 15) is 39.9 Å². The topological polar surface area (TPSA) is 82.6 Å². The van der Waals surface area contributed by atoms with Crippen molar-refractivity contribution < 1.29 is 54.1 Å². The second-order valence-electron chi connectivity index (χ2n) is 6.86. The number of carbonyl (C=O) groups excluding carboxylic acids is 1. The van der Waals surface area contributed by atoms with E-state index in [0.717, 1.165) is 7.11 Å². The number of alkyl halides is 6. The van der Waals surface area contributed by atoms with E-state index in [-0.39, 0.29) is 5.69 Å². The largest absolute Gasteiger partial charge is 0.573 e. The van der Waals surface area contributed by atoms with E-state index < -0.39 is 64.3 Å². The first kappa shape index (κ1) is 26.4. The van der Waals surface area contributed by atoms with Gasteiger partial charge in [0.25, 0.3) is 5.91 Å². The van der Waals surface area contributed by atoms with Crippen molar-refractivity contribution in [3.8, 4) is 23.0 Å². The maximum absolute atomic E-state index is 14.9. The summed E-state index contributed by atoms with van der Waals surface area (Å²) in [5.74, 6) is -9.14. The molecule has 0 radical (unpaired) electrons. The van der Waals surface area contributed by atoms with Gasteiger partial charge < -0.3 is 19.5 Å². The Labute approximate surface area is 196 Å². The number of methoxy groups -OCH3 is 1. The van der Waals surface area contributed by atoms with Crippen molar-refractivity contribution in [1.82, 2.24) is 9.97 Å². The summed E-state index contributed by atoms with van der Waals surface area (Å²) in [5.41, 5.74) is -2.86. The molecular weight excluding hydrogens is 510 g/mol. The predicted molar refractivity (Wildman–Crippen MR) is 106 cm³/mol. The maximum atomic E-state index is 14.9. The average Bonchev–Trinajstić information content (AvgIpc) is 2.74. The molecule has 0 aliphatic carbocycles. The number of benzene rings is 1. The molecule has 0 bridgehead atoms. The monoisotopic (exact) mass is 523 g/mol. The molecule has 7 nitrogen and oxygen atoms in total. The molecule has 192 valence electrons. The first-order valence-electron chi connectivity index (χ1n) is 9.51. The zero-order valence-electron chi connectivity index (χ0n) is 18.0. The summed E-state index contributed by atoms with van der Waals surface area (Å²) >= 11 is 0. The molecule has 1 N–H and O–H groups in total. The number of amides is 1. The van der Waals surface area contributed by atoms with Gasteiger partial charge >= 0.3 is 12.5 Å². The fraction of sp³-hybridized carbons (Fsp3) is 0.190. The molecule has 1 aromatic carbocycles. The standard InChI is InChI=1S/C21H13F8N3O4/c1-9-7-10(5-6-30-9)32-19(33)14-13(8-31-18(16(14)23)20(24,25)26)35-12-4-3-11(36-21(27,28)29)15(22)17(12)34-2/h3-8H,1-2H3,(H,30,32,33). The maximum Gasteiger partial charge on any atom is 0.573 e. The Bertz CT molecular complexity index is 1300. The van der Waals surface area contributed by atoms with E-state index in [2.05, 4.69) is 24.8 Å². The molecule has 0 saturated carbocycles. The highest BCUT2D eigenvalue weighted by atomic mass is 19.4. The summed E-state index contributed by atoms with van der Waals surface area (Å²) in [6.07, 6.45) is -8.95. The number of nitrogens with zero attached hydrogens (tertiary/aromatic N) is 2. The molecule has 15 heteroatoms. The van der Waals surface area contributed by atoms with Gasteiger partial charge in [-0.3, -0.25) is 9.78 Å². The predicted octanol–water partition coefficient (Wildman–Crippen LogP) is 6.03. The summed E-state index contributed by atoms with van der Waals surface area (Å²) in [5, 5.41) is 2.18. The molecule has 1 amide bonds. The number of aromatic nitrogens is 2. The minimum absolute atomic E-state index is 0.0421. The summed E-state index contributed by atoms with van der Waals surface area (Å²) < 4.78 is 120. The third-order valence-electron chi connectivity index (χ3n) is 4.31. The second kappa shape index (κ2) is 9.83. The Balaban J connectivity index is 2.09. The van der Waals surface area contributed by atoms with Crippen molar-refractivity contribution in [1.29, 1.82) is 0 Å². The van der Waals surface area contributed by atoms with Gasteiger partial charge in [-0.15, -0.1) is 13.2 Å². The fourth-order valence-electron chi connectivity index (χ4n) is 2.89. The molecule has 36 heavy (non-hydrogen) atoms. The first-order valence-corrected chi connectivity index (χ1v) is 9.51. The van der Waals surface area contributed by atoms with E-state index in [1.54, 1.807) is 6.92 Å². The van der Waals surface area contributed by atoms with Gasteiger partial charge in [-0.05, 0) is 31.2 Å². The third kappa shape index (κ3) is 5.90. The molecule has 0 aliphatic rings. The third-order valence-corrected chi connectivity index (χ3v) is 4.31. The van der Waals surface area contributed by atoms with E-state index in [0.29, 0.717) is 24.0 Å². The highest BCUT2D eigenvalue weighted by Gasteiger charge is 2.40. The van der Waals surface area contributed by atoms with E-state index in [4.69, 9.17) is 4.74 Å². The highest BCUT2D eigenvalue weighted by molar-refractivity contribution is 6.06. The number of aryl methyl sites for hydroxylation is 1. The van der Waals surface area contributed by atoms with Crippen LogP contribution in [0.4, 0.5) is 40.8 Å². The van der Waals surface area contributed by atoms with Crippen LogP contribution in [-0.4, -0.2) is 29.3 Å². The summed E-state index contributed by atoms with van der Waals surface area (Å²) in [6, 6.07) is 3.79. The lowest BCUT2D eigenvalue weighted by atomic mass is 10.1. The molecule has 2 aromatic heterocycles. The number of carbonyl (C=O) groups is 1. The Morgan fingerprint density at radius 1 is 0.944 bits per heavy atom. The zero-order chi connectivity index (χ0) is 26.8. The fourth-order valence-corrected chi connectivity index (χ4v) is 2.89. The highest BCUT2D eigenvalue weighted by Crippen LogP contribution is 2.42. The van der Waals surface area contributed by atoms with Crippen LogP contribution in [0, 0.1) is 18.6 Å². The van der Waals surface area contributed by atoms with Crippen molar-refractivity contribution in [2.45, 2.75) is 19.5 Å². The lowest BCUT2D eigenvalue weighted by molar-refractivity contribution is -0.275. The molecule has 0 spiro atoms. The van der Waals surface area contributed by atoms with Gasteiger partial charge in [-0.1, -0.05) is 0 Å². The second-order valence-corrected chi connectivity index (χ2v) is 6.86. The molecule has 0 fully saturated rings. The number of halogens is 8. The Hall–Kier alpha value is -4.17. The number of hydrogen-bond acceptors (Lipinski definition) is 6. The molecule has 0 aliphatic heterocycles. The molecule has 2 heterocycles. The number of nitrogens with one attached hydrogen (secondary N) is 1. The van der Waals surface area contributed by atoms with E-state index in [1.807, 2.05) is 0 Å². The van der Waals surface area contributed by atoms with Gasteiger partial charge in [0.15, 0.2) is 28.8 Å². The number of anilines is 1. The van der Waals surface area contributed by atoms with Crippen LogP contribution in [0.3, 0.4) is 0 Å². The van der Waals surface area contributed by atoms with Crippen molar-refractivity contribution in [3.63, 3.8) is 0 Å². The van der Waals surface area contributed by atoms with Crippen LogP contribution >= 0.6 is 0 Å². The van der Waals surface area contributed by atoms with Crippen molar-refractivity contribution >= 4 is 11.6 Å². The quantitative estimate of drug-likeness (QED) is 0.397. The molecule has 0 saturated heterocycles. The van der Waals surface area contributed by atoms with Crippen LogP contribution in [0.15, 0.2) is 36.7 Å². The SMILES string of the molecule is COc1c(Oc2cnc(C(F)(F)F)c(F)c2C(=O)Nc2ccnc(C)c2)ccc(OC(F)(F)F)c1F. The molecule has 0 unspecified atom stereocenters. The molecule has 3 rings (SSSR count). The van der Waals surface area contributed by atoms with E-state index >= 15 is 0 Å². The number of pyridine rings is 2. The molecular formula is C21H13F8N3O4. The van der Waals surface area contributed by atoms with Crippen LogP contribution in [0.5, 0.6) is 23.0 Å². The van der Waals surface area contributed by atoms with Crippen molar-refractivity contribution in [2.24, 2.45) is 0 Å². The zero-order valence-corrected chi connectivity index (χ0v) is 18.0. The van der Waals surface area contributed by atoms with Crippen LogP contribution in [0.2, 0.25) is 0 Å². The summed E-state index contributed by atoms with van der Waals surface area (Å²) in [6.45, 7) is 1.55. The van der Waals surface area contributed by atoms with Crippen molar-refractivity contribution in [2.75, 3.05) is 12.4 Å². The van der Waals surface area contributed by atoms with Gasteiger partial charge in [-0.25, -0.2) is 9.37 Å². The Morgan fingerprint density at radius 3 is 2.19 bits per heavy atom. The van der Waals surface area contributed by atoms with Crippen LogP contribution in [-0.2, 0) is 6.18 Å². The van der Waals surface area contributed by atoms with Gasteiger partial charge in [0, 0.05) is 17.6 Å². The van der Waals surface area contributed by atoms with Gasteiger partial charge in [-0.2, -0.15) is 17.6 Å². The van der Waals surface area contributed by atoms with Crippen LogP contribution in [0.1, 0.15) is 21.7 Å². The lowest BCUT2D eigenvalue weighted by Gasteiger charge is -2.18. The smallest absolute Gasteiger partial charge is 0.490 e. The number of rotatable bonds is 6. The molecule has 3 aromatic rings. The lowest BCUT2D eigenvalue weighted by Crippen LogP contribution is -2.20. The van der Waals surface area contributed by atoms with Gasteiger partial charge in [0.05, 0.1) is 13.3 Å². The average molecular weight is 523 g/mol. The Morgan fingerprint density at radius 2 is 1.61 bits per heavy atom. The van der Waals surface area contributed by atoms with E-state index in [1.165, 1.54) is 18.3 Å². The van der Waals surface area contributed by atoms with Crippen molar-refractivity contribution in [3.05, 3.63) is 65.2 Å². The van der Waals surface area contributed by atoms with Gasteiger partial charge in [0.2, 0.25) is 11.6 Å². The normalized spacial score (nSPS) is 11.7. The number of ether oxygens (including phenoxy) is 3. The van der Waals surface area contributed by atoms with Crippen LogP contribution < -0.4 is 19.5 Å². The summed E-state index contributed by atoms with van der Waals surface area (Å²) in [4.78, 5) is 19.6. The van der Waals surface area contributed by atoms with Gasteiger partial charge in [0.1, 0.15) is 5.56 Å². The Kier molecular flexibility index (Phi) is 7.22.